The van der Waals surface area contributed by atoms with E-state index in [1.807, 2.05) is 6.07 Å². The summed E-state index contributed by atoms with van der Waals surface area (Å²) in [5, 5.41) is 7.60. The van der Waals surface area contributed by atoms with E-state index in [9.17, 15) is 9.59 Å². The Morgan fingerprint density at radius 3 is 2.52 bits per heavy atom. The molecule has 2 N–H and O–H groups in total. The monoisotopic (exact) mass is 426 g/mol. The Balaban J connectivity index is 1.71. The van der Waals surface area contributed by atoms with Crippen LogP contribution >= 0.6 is 23.2 Å². The summed E-state index contributed by atoms with van der Waals surface area (Å²) < 4.78 is 0. The van der Waals surface area contributed by atoms with Gasteiger partial charge in [-0.25, -0.2) is 5.43 Å². The molecule has 2 aromatic carbocycles. The van der Waals surface area contributed by atoms with Crippen LogP contribution in [-0.4, -0.2) is 22.5 Å². The average molecular weight is 427 g/mol. The van der Waals surface area contributed by atoms with Gasteiger partial charge in [0.15, 0.2) is 0 Å². The number of nitrogens with zero attached hydrogens (tertiary/aromatic N) is 2. The number of carbonyl (C=O) groups is 2. The van der Waals surface area contributed by atoms with Crippen molar-refractivity contribution in [1.82, 2.24) is 10.4 Å². The molecule has 0 aliphatic carbocycles. The first-order chi connectivity index (χ1) is 13.9. The maximum Gasteiger partial charge on any atom is 0.289 e. The van der Waals surface area contributed by atoms with Crippen LogP contribution in [0.3, 0.4) is 0 Å². The van der Waals surface area contributed by atoms with Gasteiger partial charge in [-0.05, 0) is 55.0 Å². The maximum atomic E-state index is 12.5. The molecule has 29 heavy (non-hydrogen) atoms. The number of nitrogens with one attached hydrogen (secondary N) is 2. The molecule has 0 saturated heterocycles. The Morgan fingerprint density at radius 2 is 1.79 bits per heavy atom. The van der Waals surface area contributed by atoms with E-state index in [1.165, 1.54) is 12.3 Å². The Hall–Kier alpha value is -3.22. The Bertz CT molecular complexity index is 1090. The Kier molecular flexibility index (Phi) is 6.59. The van der Waals surface area contributed by atoms with Crippen molar-refractivity contribution in [2.45, 2.75) is 6.92 Å². The van der Waals surface area contributed by atoms with E-state index >= 15 is 0 Å². The first-order valence-electron chi connectivity index (χ1n) is 8.56. The lowest BCUT2D eigenvalue weighted by Crippen LogP contribution is -2.20. The highest BCUT2D eigenvalue weighted by molar-refractivity contribution is 6.37. The number of anilines is 1. The number of halogens is 2. The molecule has 1 heterocycles. The van der Waals surface area contributed by atoms with Crippen LogP contribution in [0.2, 0.25) is 10.0 Å². The first-order valence-corrected chi connectivity index (χ1v) is 9.32. The molecule has 0 aliphatic heterocycles. The van der Waals surface area contributed by atoms with E-state index in [0.29, 0.717) is 22.0 Å². The van der Waals surface area contributed by atoms with Gasteiger partial charge in [-0.3, -0.25) is 14.6 Å². The van der Waals surface area contributed by atoms with Crippen molar-refractivity contribution < 1.29 is 9.59 Å². The zero-order valence-electron chi connectivity index (χ0n) is 15.3. The molecule has 0 saturated carbocycles. The van der Waals surface area contributed by atoms with Gasteiger partial charge >= 0.3 is 0 Å². The molecule has 2 amide bonds. The fourth-order valence-electron chi connectivity index (χ4n) is 2.45. The predicted octanol–water partition coefficient (Wildman–Crippen LogP) is 4.79. The summed E-state index contributed by atoms with van der Waals surface area (Å²) in [6.07, 6.45) is 1.53. The number of benzene rings is 2. The van der Waals surface area contributed by atoms with Gasteiger partial charge in [0.05, 0.1) is 16.3 Å². The highest BCUT2D eigenvalue weighted by Crippen LogP contribution is 2.22. The lowest BCUT2D eigenvalue weighted by atomic mass is 10.1. The minimum Gasteiger partial charge on any atom is -0.322 e. The molecular weight excluding hydrogens is 411 g/mol. The van der Waals surface area contributed by atoms with Crippen LogP contribution in [0.4, 0.5) is 5.69 Å². The van der Waals surface area contributed by atoms with Crippen LogP contribution in [0.15, 0.2) is 72.0 Å². The lowest BCUT2D eigenvalue weighted by molar-refractivity contribution is 0.0949. The molecule has 0 fully saturated rings. The second-order valence-corrected chi connectivity index (χ2v) is 6.86. The van der Waals surface area contributed by atoms with Crippen molar-refractivity contribution in [2.24, 2.45) is 5.10 Å². The number of amides is 2. The molecule has 0 bridgehead atoms. The van der Waals surface area contributed by atoms with Crippen LogP contribution < -0.4 is 10.7 Å². The van der Waals surface area contributed by atoms with Gasteiger partial charge in [-0.2, -0.15) is 5.10 Å². The number of hydrogen-bond acceptors (Lipinski definition) is 4. The Morgan fingerprint density at radius 1 is 0.966 bits per heavy atom. The number of aromatic nitrogens is 1. The van der Waals surface area contributed by atoms with Crippen molar-refractivity contribution in [1.29, 1.82) is 0 Å². The van der Waals surface area contributed by atoms with Gasteiger partial charge in [0.25, 0.3) is 11.8 Å². The largest absolute Gasteiger partial charge is 0.322 e. The van der Waals surface area contributed by atoms with Gasteiger partial charge in [0, 0.05) is 16.9 Å². The lowest BCUT2D eigenvalue weighted by Gasteiger charge is -2.09. The highest BCUT2D eigenvalue weighted by atomic mass is 35.5. The third kappa shape index (κ3) is 5.40. The summed E-state index contributed by atoms with van der Waals surface area (Å²) >= 11 is 11.9. The Labute approximate surface area is 177 Å². The fourth-order valence-corrected chi connectivity index (χ4v) is 2.94. The van der Waals surface area contributed by atoms with Crippen LogP contribution in [-0.2, 0) is 0 Å². The van der Waals surface area contributed by atoms with Crippen LogP contribution in [0.1, 0.15) is 33.3 Å². The second-order valence-electron chi connectivity index (χ2n) is 6.01. The number of carbonyl (C=O) groups excluding carboxylic acids is 2. The van der Waals surface area contributed by atoms with Crippen molar-refractivity contribution >= 4 is 46.4 Å². The van der Waals surface area contributed by atoms with Gasteiger partial charge < -0.3 is 5.32 Å². The summed E-state index contributed by atoms with van der Waals surface area (Å²) in [4.78, 5) is 28.5. The van der Waals surface area contributed by atoms with E-state index < -0.39 is 5.91 Å². The van der Waals surface area contributed by atoms with Crippen LogP contribution in [0.25, 0.3) is 0 Å². The van der Waals surface area contributed by atoms with Gasteiger partial charge in [0.2, 0.25) is 0 Å². The number of hydrogen-bond donors (Lipinski definition) is 2. The average Bonchev–Trinajstić information content (AvgIpc) is 2.72. The standard InChI is InChI=1S/C21H16Cl2N4O2/c1-13(26-27-21(29)19-7-2-3-10-24-19)14-5-4-6-16(11-14)25-20(28)17-9-8-15(22)12-18(17)23/h2-12H,1H3,(H,25,28)(H,27,29)/b26-13-. The molecule has 0 atom stereocenters. The molecule has 0 unspecified atom stereocenters. The minimum absolute atomic E-state index is 0.265. The van der Waals surface area contributed by atoms with E-state index in [2.05, 4.69) is 20.8 Å². The van der Waals surface area contributed by atoms with Gasteiger partial charge in [0.1, 0.15) is 5.69 Å². The third-order valence-corrected chi connectivity index (χ3v) is 4.48. The minimum atomic E-state index is -0.410. The maximum absolute atomic E-state index is 12.5. The summed E-state index contributed by atoms with van der Waals surface area (Å²) in [7, 11) is 0. The summed E-state index contributed by atoms with van der Waals surface area (Å²) in [5.41, 5.74) is 4.90. The molecule has 3 rings (SSSR count). The topological polar surface area (TPSA) is 83.4 Å². The third-order valence-electron chi connectivity index (χ3n) is 3.94. The smallest absolute Gasteiger partial charge is 0.289 e. The zero-order valence-corrected chi connectivity index (χ0v) is 16.8. The van der Waals surface area contributed by atoms with Crippen molar-refractivity contribution in [3.63, 3.8) is 0 Å². The molecule has 146 valence electrons. The molecule has 3 aromatic rings. The predicted molar refractivity (Wildman–Crippen MR) is 115 cm³/mol. The molecular formula is C21H16Cl2N4O2. The van der Waals surface area contributed by atoms with Crippen molar-refractivity contribution in [3.8, 4) is 0 Å². The molecule has 0 aliphatic rings. The second kappa shape index (κ2) is 9.32. The van der Waals surface area contributed by atoms with E-state index in [4.69, 9.17) is 23.2 Å². The summed E-state index contributed by atoms with van der Waals surface area (Å²) in [6, 6.07) is 16.8. The van der Waals surface area contributed by atoms with E-state index in [1.54, 1.807) is 55.5 Å². The molecule has 1 aromatic heterocycles. The van der Waals surface area contributed by atoms with E-state index in [-0.39, 0.29) is 16.6 Å². The number of hydrazone groups is 1. The zero-order chi connectivity index (χ0) is 20.8. The molecule has 6 nitrogen and oxygen atoms in total. The SMILES string of the molecule is C/C(=N/NC(=O)c1ccccn1)c1cccc(NC(=O)c2ccc(Cl)cc2Cl)c1. The first kappa shape index (κ1) is 20.5. The number of pyridine rings is 1. The summed E-state index contributed by atoms with van der Waals surface area (Å²) in [6.45, 7) is 1.75. The van der Waals surface area contributed by atoms with Crippen LogP contribution in [0.5, 0.6) is 0 Å². The molecule has 0 spiro atoms. The van der Waals surface area contributed by atoms with Gasteiger partial charge in [-0.1, -0.05) is 41.4 Å². The van der Waals surface area contributed by atoms with Gasteiger partial charge in [-0.15, -0.1) is 0 Å². The highest BCUT2D eigenvalue weighted by Gasteiger charge is 2.12. The summed E-state index contributed by atoms with van der Waals surface area (Å²) in [5.74, 6) is -0.770. The molecule has 0 radical (unpaired) electrons. The fraction of sp³-hybridized carbons (Fsp3) is 0.0476. The van der Waals surface area contributed by atoms with Crippen LogP contribution in [0, 0.1) is 0 Å². The van der Waals surface area contributed by atoms with Crippen molar-refractivity contribution in [2.75, 3.05) is 5.32 Å². The normalized spacial score (nSPS) is 11.1. The van der Waals surface area contributed by atoms with E-state index in [0.717, 1.165) is 5.56 Å². The van der Waals surface area contributed by atoms with Crippen molar-refractivity contribution in [3.05, 3.63) is 93.7 Å². The molecule has 8 heteroatoms. The number of rotatable bonds is 5. The quantitative estimate of drug-likeness (QED) is 0.454.